The van der Waals surface area contributed by atoms with Crippen LogP contribution in [-0.2, 0) is 0 Å². The van der Waals surface area contributed by atoms with E-state index in [0.717, 1.165) is 6.42 Å². The van der Waals surface area contributed by atoms with E-state index in [1.165, 1.54) is 6.26 Å². The zero-order valence-electron chi connectivity index (χ0n) is 12.7. The Kier molecular flexibility index (Phi) is 3.70. The second-order valence-electron chi connectivity index (χ2n) is 5.34. The van der Waals surface area contributed by atoms with Gasteiger partial charge in [0.1, 0.15) is 6.10 Å². The van der Waals surface area contributed by atoms with Gasteiger partial charge in [-0.3, -0.25) is 4.79 Å². The van der Waals surface area contributed by atoms with Crippen LogP contribution in [0.1, 0.15) is 17.1 Å². The van der Waals surface area contributed by atoms with Crippen LogP contribution in [0.4, 0.5) is 0 Å². The molecular weight excluding hydrogens is 312 g/mol. The van der Waals surface area contributed by atoms with Gasteiger partial charge in [-0.1, -0.05) is 6.07 Å². The lowest BCUT2D eigenvalue weighted by atomic mass is 10.3. The maximum Gasteiger partial charge on any atom is 0.311 e. The highest BCUT2D eigenvalue weighted by atomic mass is 16.5. The maximum atomic E-state index is 12.5. The van der Waals surface area contributed by atoms with Crippen LogP contribution in [0.25, 0.3) is 11.7 Å². The largest absolute Gasteiger partial charge is 0.472 e. The van der Waals surface area contributed by atoms with Crippen molar-refractivity contribution in [3.8, 4) is 17.5 Å². The first-order chi connectivity index (χ1) is 11.8. The topological polar surface area (TPSA) is 94.5 Å². The normalized spacial score (nSPS) is 17.2. The smallest absolute Gasteiger partial charge is 0.311 e. The van der Waals surface area contributed by atoms with E-state index in [4.69, 9.17) is 13.6 Å². The molecule has 24 heavy (non-hydrogen) atoms. The quantitative estimate of drug-likeness (QED) is 0.724. The molecule has 0 aliphatic carbocycles. The summed E-state index contributed by atoms with van der Waals surface area (Å²) in [5, 5.41) is 7.64. The van der Waals surface area contributed by atoms with Gasteiger partial charge in [-0.15, -0.1) is 10.2 Å². The van der Waals surface area contributed by atoms with Crippen molar-refractivity contribution in [2.45, 2.75) is 12.5 Å². The number of hydrogen-bond acceptors (Lipinski definition) is 7. The third-order valence-corrected chi connectivity index (χ3v) is 3.70. The van der Waals surface area contributed by atoms with Crippen molar-refractivity contribution >= 4 is 5.91 Å². The van der Waals surface area contributed by atoms with E-state index < -0.39 is 0 Å². The van der Waals surface area contributed by atoms with Crippen molar-refractivity contribution < 1.29 is 18.4 Å². The van der Waals surface area contributed by atoms with E-state index in [9.17, 15) is 4.79 Å². The molecule has 1 aliphatic rings. The molecule has 0 saturated carbocycles. The average Bonchev–Trinajstić information content (AvgIpc) is 3.36. The molecule has 3 aromatic heterocycles. The SMILES string of the molecule is O=C(c1nnc(-c2ccco2)o1)N1CC[C@H](Oc2ccccn2)C1. The Labute approximate surface area is 137 Å². The van der Waals surface area contributed by atoms with Gasteiger partial charge in [0.2, 0.25) is 5.88 Å². The second-order valence-corrected chi connectivity index (χ2v) is 5.34. The fraction of sp³-hybridized carbons (Fsp3) is 0.250. The molecule has 0 aromatic carbocycles. The van der Waals surface area contributed by atoms with Crippen LogP contribution < -0.4 is 4.74 Å². The first kappa shape index (κ1) is 14.4. The van der Waals surface area contributed by atoms with Gasteiger partial charge < -0.3 is 18.5 Å². The van der Waals surface area contributed by atoms with Crippen LogP contribution in [0.15, 0.2) is 51.6 Å². The van der Waals surface area contributed by atoms with Crippen molar-refractivity contribution in [2.24, 2.45) is 0 Å². The summed E-state index contributed by atoms with van der Waals surface area (Å²) in [6.45, 7) is 1.02. The third kappa shape index (κ3) is 2.85. The van der Waals surface area contributed by atoms with Crippen molar-refractivity contribution in [1.29, 1.82) is 0 Å². The molecule has 1 aliphatic heterocycles. The van der Waals surface area contributed by atoms with E-state index >= 15 is 0 Å². The van der Waals surface area contributed by atoms with Crippen LogP contribution in [0.5, 0.6) is 5.88 Å². The lowest BCUT2D eigenvalue weighted by Gasteiger charge is -2.14. The highest BCUT2D eigenvalue weighted by Crippen LogP contribution is 2.21. The molecule has 1 saturated heterocycles. The van der Waals surface area contributed by atoms with Gasteiger partial charge in [-0.25, -0.2) is 4.98 Å². The van der Waals surface area contributed by atoms with E-state index in [1.807, 2.05) is 12.1 Å². The number of carbonyl (C=O) groups excluding carboxylic acids is 1. The Morgan fingerprint density at radius 2 is 2.21 bits per heavy atom. The summed E-state index contributed by atoms with van der Waals surface area (Å²) in [5.41, 5.74) is 0. The predicted octanol–water partition coefficient (Wildman–Crippen LogP) is 2.02. The standard InChI is InChI=1S/C16H14N4O4/c21-16(15-19-18-14(24-15)12-4-3-9-22-12)20-8-6-11(10-20)23-13-5-1-2-7-17-13/h1-5,7,9,11H,6,8,10H2/t11-/m0/s1. The number of rotatable bonds is 4. The molecule has 8 nitrogen and oxygen atoms in total. The highest BCUT2D eigenvalue weighted by molar-refractivity contribution is 5.90. The van der Waals surface area contributed by atoms with Gasteiger partial charge in [0.15, 0.2) is 5.76 Å². The zero-order valence-corrected chi connectivity index (χ0v) is 12.7. The Balaban J connectivity index is 1.41. The first-order valence-electron chi connectivity index (χ1n) is 7.54. The summed E-state index contributed by atoms with van der Waals surface area (Å²) in [6.07, 6.45) is 3.79. The van der Waals surface area contributed by atoms with E-state index in [-0.39, 0.29) is 23.8 Å². The van der Waals surface area contributed by atoms with E-state index in [1.54, 1.807) is 29.3 Å². The van der Waals surface area contributed by atoms with Gasteiger partial charge in [-0.05, 0) is 18.2 Å². The molecule has 1 fully saturated rings. The minimum atomic E-state index is -0.313. The summed E-state index contributed by atoms with van der Waals surface area (Å²) in [5.74, 6) is 0.796. The molecule has 8 heteroatoms. The number of nitrogens with zero attached hydrogens (tertiary/aromatic N) is 4. The molecule has 4 rings (SSSR count). The molecule has 0 unspecified atom stereocenters. The lowest BCUT2D eigenvalue weighted by Crippen LogP contribution is -2.31. The van der Waals surface area contributed by atoms with Gasteiger partial charge in [-0.2, -0.15) is 0 Å². The van der Waals surface area contributed by atoms with Crippen molar-refractivity contribution in [3.63, 3.8) is 0 Å². The van der Waals surface area contributed by atoms with Crippen molar-refractivity contribution in [3.05, 3.63) is 48.7 Å². The second kappa shape index (κ2) is 6.15. The molecule has 0 bridgehead atoms. The van der Waals surface area contributed by atoms with E-state index in [2.05, 4.69) is 15.2 Å². The Morgan fingerprint density at radius 3 is 3.00 bits per heavy atom. The highest BCUT2D eigenvalue weighted by Gasteiger charge is 2.31. The number of hydrogen-bond donors (Lipinski definition) is 0. The fourth-order valence-electron chi connectivity index (χ4n) is 2.54. The van der Waals surface area contributed by atoms with Crippen LogP contribution in [0, 0.1) is 0 Å². The number of amides is 1. The number of pyridine rings is 1. The molecule has 4 heterocycles. The minimum Gasteiger partial charge on any atom is -0.472 e. The van der Waals surface area contributed by atoms with Gasteiger partial charge in [0, 0.05) is 25.2 Å². The molecule has 1 atom stereocenters. The number of furan rings is 1. The number of aromatic nitrogens is 3. The van der Waals surface area contributed by atoms with Gasteiger partial charge in [0.05, 0.1) is 12.8 Å². The molecule has 122 valence electrons. The zero-order chi connectivity index (χ0) is 16.4. The molecule has 1 amide bonds. The number of likely N-dealkylation sites (tertiary alicyclic amines) is 1. The Hall–Kier alpha value is -3.16. The van der Waals surface area contributed by atoms with E-state index in [0.29, 0.717) is 24.7 Å². The van der Waals surface area contributed by atoms with Crippen molar-refractivity contribution in [1.82, 2.24) is 20.1 Å². The first-order valence-corrected chi connectivity index (χ1v) is 7.54. The molecule has 0 radical (unpaired) electrons. The van der Waals surface area contributed by atoms with Crippen LogP contribution in [0.3, 0.4) is 0 Å². The van der Waals surface area contributed by atoms with Gasteiger partial charge in [0.25, 0.3) is 5.89 Å². The van der Waals surface area contributed by atoms with Crippen LogP contribution in [0.2, 0.25) is 0 Å². The molecule has 0 spiro atoms. The summed E-state index contributed by atoms with van der Waals surface area (Å²) < 4.78 is 16.3. The average molecular weight is 326 g/mol. The summed E-state index contributed by atoms with van der Waals surface area (Å²) in [7, 11) is 0. The number of ether oxygens (including phenoxy) is 1. The molecule has 0 N–H and O–H groups in total. The monoisotopic (exact) mass is 326 g/mol. The third-order valence-electron chi connectivity index (χ3n) is 3.70. The summed E-state index contributed by atoms with van der Waals surface area (Å²) >= 11 is 0. The fourth-order valence-corrected chi connectivity index (χ4v) is 2.54. The van der Waals surface area contributed by atoms with Gasteiger partial charge >= 0.3 is 11.8 Å². The minimum absolute atomic E-state index is 0.0557. The van der Waals surface area contributed by atoms with Crippen LogP contribution in [-0.4, -0.2) is 45.2 Å². The molecular formula is C16H14N4O4. The summed E-state index contributed by atoms with van der Waals surface area (Å²) in [4.78, 5) is 18.2. The van der Waals surface area contributed by atoms with Crippen molar-refractivity contribution in [2.75, 3.05) is 13.1 Å². The maximum absolute atomic E-state index is 12.5. The predicted molar refractivity (Wildman–Crippen MR) is 81.2 cm³/mol. The Bertz CT molecular complexity index is 816. The summed E-state index contributed by atoms with van der Waals surface area (Å²) in [6, 6.07) is 8.87. The molecule has 3 aromatic rings. The lowest BCUT2D eigenvalue weighted by molar-refractivity contribution is 0.0732. The number of carbonyl (C=O) groups is 1. The Morgan fingerprint density at radius 1 is 1.25 bits per heavy atom. The van der Waals surface area contributed by atoms with Crippen LogP contribution >= 0.6 is 0 Å².